The second kappa shape index (κ2) is 11.3. The van der Waals surface area contributed by atoms with Gasteiger partial charge >= 0.3 is 5.97 Å². The van der Waals surface area contributed by atoms with Gasteiger partial charge in [0.05, 0.1) is 19.4 Å². The summed E-state index contributed by atoms with van der Waals surface area (Å²) in [6, 6.07) is 9.97. The van der Waals surface area contributed by atoms with Gasteiger partial charge in [0.2, 0.25) is 0 Å². The Balaban J connectivity index is 2.01. The van der Waals surface area contributed by atoms with E-state index in [0.717, 1.165) is 0 Å². The summed E-state index contributed by atoms with van der Waals surface area (Å²) in [4.78, 5) is 38.2. The number of anilines is 1. The zero-order valence-electron chi connectivity index (χ0n) is 19.2. The van der Waals surface area contributed by atoms with Crippen LogP contribution in [-0.4, -0.2) is 48.3 Å². The number of thiocarbonyl (C=S) groups is 1. The van der Waals surface area contributed by atoms with Gasteiger partial charge in [-0.05, 0) is 73.6 Å². The molecule has 0 aliphatic carbocycles. The van der Waals surface area contributed by atoms with E-state index in [1.54, 1.807) is 42.5 Å². The molecule has 3 rings (SSSR count). The number of benzene rings is 2. The van der Waals surface area contributed by atoms with E-state index < -0.39 is 24.4 Å². The van der Waals surface area contributed by atoms with Crippen molar-refractivity contribution in [1.82, 2.24) is 5.32 Å². The zero-order chi connectivity index (χ0) is 25.5. The van der Waals surface area contributed by atoms with Gasteiger partial charge in [-0.25, -0.2) is 4.79 Å². The number of allylic oxidation sites excluding steroid dienone is 1. The van der Waals surface area contributed by atoms with Crippen LogP contribution in [-0.2, 0) is 20.8 Å². The molecule has 0 bridgehead atoms. The number of hydrogen-bond acceptors (Lipinski definition) is 7. The highest BCUT2D eigenvalue weighted by molar-refractivity contribution is 7.80. The van der Waals surface area contributed by atoms with Crippen LogP contribution in [0.4, 0.5) is 5.69 Å². The Kier molecular flexibility index (Phi) is 8.21. The van der Waals surface area contributed by atoms with Crippen molar-refractivity contribution in [2.24, 2.45) is 0 Å². The molecule has 182 valence electrons. The molecule has 1 aliphatic heterocycles. The largest absolute Gasteiger partial charge is 0.494 e. The van der Waals surface area contributed by atoms with Gasteiger partial charge in [-0.15, -0.1) is 6.58 Å². The van der Waals surface area contributed by atoms with Gasteiger partial charge in [0.15, 0.2) is 23.2 Å². The first-order valence-electron chi connectivity index (χ1n) is 10.6. The van der Waals surface area contributed by atoms with Crippen LogP contribution in [0.1, 0.15) is 18.1 Å². The molecule has 1 aliphatic rings. The molecule has 10 heteroatoms. The second-order valence-corrected chi connectivity index (χ2v) is 7.66. The molecular weight excluding hydrogens is 472 g/mol. The highest BCUT2D eigenvalue weighted by Gasteiger charge is 2.34. The van der Waals surface area contributed by atoms with Gasteiger partial charge in [0, 0.05) is 5.56 Å². The van der Waals surface area contributed by atoms with Crippen LogP contribution in [0.2, 0.25) is 0 Å². The van der Waals surface area contributed by atoms with Crippen LogP contribution in [0, 0.1) is 0 Å². The molecule has 0 radical (unpaired) electrons. The van der Waals surface area contributed by atoms with Crippen LogP contribution in [0.5, 0.6) is 17.2 Å². The predicted molar refractivity (Wildman–Crippen MR) is 134 cm³/mol. The molecule has 1 saturated heterocycles. The third kappa shape index (κ3) is 5.85. The minimum Gasteiger partial charge on any atom is -0.494 e. The fourth-order valence-electron chi connectivity index (χ4n) is 3.44. The van der Waals surface area contributed by atoms with Crippen LogP contribution in [0.15, 0.2) is 54.6 Å². The van der Waals surface area contributed by atoms with Crippen molar-refractivity contribution >= 4 is 46.9 Å². The molecule has 0 unspecified atom stereocenters. The van der Waals surface area contributed by atoms with Gasteiger partial charge in [-0.2, -0.15) is 0 Å². The maximum absolute atomic E-state index is 13.3. The third-order valence-electron chi connectivity index (χ3n) is 4.90. The van der Waals surface area contributed by atoms with E-state index in [9.17, 15) is 14.4 Å². The van der Waals surface area contributed by atoms with E-state index in [4.69, 9.17) is 31.5 Å². The van der Waals surface area contributed by atoms with Crippen LogP contribution in [0.25, 0.3) is 6.08 Å². The monoisotopic (exact) mass is 496 g/mol. The van der Waals surface area contributed by atoms with E-state index in [-0.39, 0.29) is 22.2 Å². The maximum Gasteiger partial charge on any atom is 0.341 e. The summed E-state index contributed by atoms with van der Waals surface area (Å²) in [6.07, 6.45) is 3.37. The normalized spacial score (nSPS) is 14.5. The maximum atomic E-state index is 13.3. The summed E-state index contributed by atoms with van der Waals surface area (Å²) >= 11 is 5.25. The summed E-state index contributed by atoms with van der Waals surface area (Å²) in [6.45, 7) is 5.52. The number of amides is 2. The van der Waals surface area contributed by atoms with Crippen LogP contribution in [0.3, 0.4) is 0 Å². The van der Waals surface area contributed by atoms with Crippen molar-refractivity contribution in [2.45, 2.75) is 13.3 Å². The van der Waals surface area contributed by atoms with Crippen molar-refractivity contribution in [3.8, 4) is 17.2 Å². The van der Waals surface area contributed by atoms with Crippen LogP contribution >= 0.6 is 12.2 Å². The quantitative estimate of drug-likeness (QED) is 0.223. The number of carbonyl (C=O) groups is 3. The topological polar surface area (TPSA) is 114 Å². The summed E-state index contributed by atoms with van der Waals surface area (Å²) in [5.74, 6) is -1.25. The molecule has 2 aromatic carbocycles. The summed E-state index contributed by atoms with van der Waals surface area (Å²) < 4.78 is 16.2. The first-order chi connectivity index (χ1) is 16.8. The summed E-state index contributed by atoms with van der Waals surface area (Å²) in [5.41, 5.74) is 1.38. The number of carboxylic acid groups (broad SMARTS) is 1. The minimum atomic E-state index is -1.14. The van der Waals surface area contributed by atoms with Gasteiger partial charge in [-0.1, -0.05) is 6.08 Å². The number of rotatable bonds is 10. The Hall–Kier alpha value is -4.18. The fraction of sp³-hybridized carbons (Fsp3) is 0.200. The standard InChI is InChI=1S/C25H24N2O7S/c1-4-6-16-11-15(13-20(32-3)22(16)34-14-21(28)29)12-19-23(30)26-25(35)27(24(19)31)17-7-9-18(10-8-17)33-5-2/h4,7-13H,1,5-6,14H2,2-3H3,(H,28,29)(H,26,30,35). The Morgan fingerprint density at radius 2 is 1.91 bits per heavy atom. The third-order valence-corrected chi connectivity index (χ3v) is 5.18. The molecule has 2 N–H and O–H groups in total. The van der Waals surface area contributed by atoms with Crippen molar-refractivity contribution in [3.63, 3.8) is 0 Å². The Morgan fingerprint density at radius 1 is 1.20 bits per heavy atom. The van der Waals surface area contributed by atoms with Crippen molar-refractivity contribution in [1.29, 1.82) is 0 Å². The first-order valence-corrected chi connectivity index (χ1v) is 11.0. The number of methoxy groups -OCH3 is 1. The average Bonchev–Trinajstić information content (AvgIpc) is 2.82. The lowest BCUT2D eigenvalue weighted by atomic mass is 10.0. The SMILES string of the molecule is C=CCc1cc(C=C2C(=O)NC(=S)N(c3ccc(OCC)cc3)C2=O)cc(OC)c1OCC(=O)O. The number of carboxylic acids is 1. The highest BCUT2D eigenvalue weighted by Crippen LogP contribution is 2.35. The van der Waals surface area contributed by atoms with Crippen molar-refractivity contribution < 1.29 is 33.7 Å². The number of nitrogens with zero attached hydrogens (tertiary/aromatic N) is 1. The first kappa shape index (κ1) is 25.4. The molecule has 9 nitrogen and oxygen atoms in total. The van der Waals surface area contributed by atoms with E-state index in [1.807, 2.05) is 6.92 Å². The summed E-state index contributed by atoms with van der Waals surface area (Å²) in [7, 11) is 1.40. The molecule has 0 atom stereocenters. The number of hydrogen-bond donors (Lipinski definition) is 2. The molecule has 1 fully saturated rings. The Bertz CT molecular complexity index is 1210. The molecular formula is C25H24N2O7S. The Morgan fingerprint density at radius 3 is 2.51 bits per heavy atom. The smallest absolute Gasteiger partial charge is 0.341 e. The number of carbonyl (C=O) groups excluding carboxylic acids is 2. The Labute approximate surface area is 207 Å². The molecule has 0 saturated carbocycles. The van der Waals surface area contributed by atoms with E-state index >= 15 is 0 Å². The molecule has 0 aromatic heterocycles. The predicted octanol–water partition coefficient (Wildman–Crippen LogP) is 3.12. The summed E-state index contributed by atoms with van der Waals surface area (Å²) in [5, 5.41) is 11.5. The molecule has 35 heavy (non-hydrogen) atoms. The molecule has 0 spiro atoms. The van der Waals surface area contributed by atoms with Crippen LogP contribution < -0.4 is 24.4 Å². The fourth-order valence-corrected chi connectivity index (χ4v) is 3.72. The minimum absolute atomic E-state index is 0.0383. The number of nitrogens with one attached hydrogen (secondary N) is 1. The highest BCUT2D eigenvalue weighted by atomic mass is 32.1. The molecule has 1 heterocycles. The van der Waals surface area contributed by atoms with E-state index in [2.05, 4.69) is 11.9 Å². The van der Waals surface area contributed by atoms with Gasteiger partial charge in [-0.3, -0.25) is 19.8 Å². The lowest BCUT2D eigenvalue weighted by Crippen LogP contribution is -2.54. The zero-order valence-corrected chi connectivity index (χ0v) is 20.0. The lowest BCUT2D eigenvalue weighted by molar-refractivity contribution is -0.139. The van der Waals surface area contributed by atoms with Gasteiger partial charge in [0.1, 0.15) is 11.3 Å². The van der Waals surface area contributed by atoms with Crippen molar-refractivity contribution in [3.05, 3.63) is 65.8 Å². The number of ether oxygens (including phenoxy) is 3. The van der Waals surface area contributed by atoms with E-state index in [1.165, 1.54) is 18.1 Å². The average molecular weight is 497 g/mol. The number of aliphatic carboxylic acids is 1. The van der Waals surface area contributed by atoms with Crippen molar-refractivity contribution in [2.75, 3.05) is 25.2 Å². The lowest BCUT2D eigenvalue weighted by Gasteiger charge is -2.29. The van der Waals surface area contributed by atoms with Gasteiger partial charge < -0.3 is 19.3 Å². The molecule has 2 amide bonds. The second-order valence-electron chi connectivity index (χ2n) is 7.27. The van der Waals surface area contributed by atoms with E-state index in [0.29, 0.717) is 35.6 Å². The molecule has 2 aromatic rings. The van der Waals surface area contributed by atoms with Gasteiger partial charge in [0.25, 0.3) is 11.8 Å².